The van der Waals surface area contributed by atoms with Crippen LogP contribution in [0.3, 0.4) is 0 Å². The van der Waals surface area contributed by atoms with Gasteiger partial charge in [-0.3, -0.25) is 0 Å². The first-order chi connectivity index (χ1) is 8.65. The van der Waals surface area contributed by atoms with Crippen LogP contribution in [-0.4, -0.2) is 0 Å². The summed E-state index contributed by atoms with van der Waals surface area (Å²) >= 11 is 0. The highest BCUT2D eigenvalue weighted by Gasteiger charge is 2.05. The highest BCUT2D eigenvalue weighted by molar-refractivity contribution is 7.27. The van der Waals surface area contributed by atoms with Crippen LogP contribution in [0.5, 0.6) is 0 Å². The molecule has 3 heteroatoms. The van der Waals surface area contributed by atoms with E-state index in [1.54, 1.807) is 0 Å². The lowest BCUT2D eigenvalue weighted by Crippen LogP contribution is -1.94. The topological polar surface area (TPSA) is 0 Å². The van der Waals surface area contributed by atoms with Crippen LogP contribution in [0.2, 0.25) is 0 Å². The van der Waals surface area contributed by atoms with Gasteiger partial charge in [0.25, 0.3) is 0 Å². The van der Waals surface area contributed by atoms with E-state index in [0.29, 0.717) is 0 Å². The maximum atomic E-state index is 2.82. The number of benzene rings is 2. The van der Waals surface area contributed by atoms with Gasteiger partial charge in [0.2, 0.25) is 0 Å². The van der Waals surface area contributed by atoms with E-state index >= 15 is 0 Å². The van der Waals surface area contributed by atoms with Crippen molar-refractivity contribution in [3.63, 3.8) is 0 Å². The summed E-state index contributed by atoms with van der Waals surface area (Å²) in [5.41, 5.74) is 6.81. The molecule has 3 unspecified atom stereocenters. The number of rotatable bonds is 3. The van der Waals surface area contributed by atoms with Gasteiger partial charge >= 0.3 is 0 Å². The minimum Gasteiger partial charge on any atom is -0.133 e. The van der Waals surface area contributed by atoms with Gasteiger partial charge in [0, 0.05) is 0 Å². The molecular weight excluding hydrogens is 273 g/mol. The van der Waals surface area contributed by atoms with Crippen LogP contribution in [0.4, 0.5) is 0 Å². The molecule has 0 radical (unpaired) electrons. The molecule has 0 aliphatic carbocycles. The van der Waals surface area contributed by atoms with Crippen molar-refractivity contribution < 1.29 is 0 Å². The Kier molecular flexibility index (Phi) is 4.91. The van der Waals surface area contributed by atoms with E-state index < -0.39 is 0 Å². The summed E-state index contributed by atoms with van der Waals surface area (Å²) in [6.45, 7) is 2.17. The van der Waals surface area contributed by atoms with Crippen LogP contribution in [0.1, 0.15) is 16.7 Å². The van der Waals surface area contributed by atoms with Crippen LogP contribution in [0.25, 0.3) is 11.1 Å². The molecule has 0 aliphatic heterocycles. The lowest BCUT2D eigenvalue weighted by molar-refractivity contribution is 1.28. The lowest BCUT2D eigenvalue weighted by Gasteiger charge is -2.11. The second-order valence-electron chi connectivity index (χ2n) is 4.47. The number of aryl methyl sites for hydroxylation is 1. The lowest BCUT2D eigenvalue weighted by atomic mass is 9.97. The SMILES string of the molecule is Cc1cc(P)ccc1-c1ccc(CP)c(CP)c1. The van der Waals surface area contributed by atoms with Gasteiger partial charge in [-0.05, 0) is 52.4 Å². The van der Waals surface area contributed by atoms with Gasteiger partial charge in [-0.25, -0.2) is 0 Å². The summed E-state index contributed by atoms with van der Waals surface area (Å²) in [6, 6.07) is 13.4. The van der Waals surface area contributed by atoms with Crippen molar-refractivity contribution in [3.05, 3.63) is 53.1 Å². The third-order valence-electron chi connectivity index (χ3n) is 3.21. The molecule has 2 aromatic carbocycles. The van der Waals surface area contributed by atoms with Gasteiger partial charge < -0.3 is 0 Å². The first kappa shape index (κ1) is 14.1. The van der Waals surface area contributed by atoms with Crippen molar-refractivity contribution >= 4 is 33.0 Å². The molecule has 0 saturated carbocycles. The zero-order chi connectivity index (χ0) is 13.1. The fourth-order valence-electron chi connectivity index (χ4n) is 2.19. The molecule has 94 valence electrons. The zero-order valence-electron chi connectivity index (χ0n) is 10.6. The summed E-state index contributed by atoms with van der Waals surface area (Å²) in [5.74, 6) is 0. The van der Waals surface area contributed by atoms with Crippen molar-refractivity contribution in [3.8, 4) is 11.1 Å². The predicted octanol–water partition coefficient (Wildman–Crippen LogP) is 3.91. The van der Waals surface area contributed by atoms with E-state index in [-0.39, 0.29) is 0 Å². The average Bonchev–Trinajstić information content (AvgIpc) is 2.38. The van der Waals surface area contributed by atoms with E-state index in [9.17, 15) is 0 Å². The van der Waals surface area contributed by atoms with Gasteiger partial charge in [-0.15, -0.1) is 27.7 Å². The Bertz CT molecular complexity index is 562. The van der Waals surface area contributed by atoms with E-state index in [1.807, 2.05) is 0 Å². The fraction of sp³-hybridized carbons (Fsp3) is 0.200. The molecule has 0 saturated heterocycles. The number of hydrogen-bond donors (Lipinski definition) is 0. The monoisotopic (exact) mass is 292 g/mol. The Balaban J connectivity index is 2.51. The van der Waals surface area contributed by atoms with Gasteiger partial charge in [0.1, 0.15) is 0 Å². The van der Waals surface area contributed by atoms with Crippen LogP contribution in [0.15, 0.2) is 36.4 Å². The van der Waals surface area contributed by atoms with Gasteiger partial charge in [0.15, 0.2) is 0 Å². The van der Waals surface area contributed by atoms with Crippen molar-refractivity contribution in [2.75, 3.05) is 0 Å². The molecule has 18 heavy (non-hydrogen) atoms. The molecule has 0 aromatic heterocycles. The molecule has 3 atom stereocenters. The van der Waals surface area contributed by atoms with Gasteiger partial charge in [0.05, 0.1) is 0 Å². The average molecular weight is 292 g/mol. The molecule has 0 N–H and O–H groups in total. The van der Waals surface area contributed by atoms with Crippen molar-refractivity contribution in [1.82, 2.24) is 0 Å². The molecule has 0 fully saturated rings. The van der Waals surface area contributed by atoms with Gasteiger partial charge in [-0.1, -0.05) is 36.4 Å². The molecule has 0 bridgehead atoms. The van der Waals surface area contributed by atoms with Crippen molar-refractivity contribution in [1.29, 1.82) is 0 Å². The molecule has 2 rings (SSSR count). The minimum atomic E-state index is 1.01. The van der Waals surface area contributed by atoms with Crippen LogP contribution < -0.4 is 5.30 Å². The van der Waals surface area contributed by atoms with E-state index in [0.717, 1.165) is 12.3 Å². The van der Waals surface area contributed by atoms with Gasteiger partial charge in [-0.2, -0.15) is 0 Å². The third kappa shape index (κ3) is 3.00. The Morgan fingerprint density at radius 3 is 2.22 bits per heavy atom. The first-order valence-electron chi connectivity index (χ1n) is 6.04. The summed E-state index contributed by atoms with van der Waals surface area (Å²) in [6.07, 6.45) is 2.03. The summed E-state index contributed by atoms with van der Waals surface area (Å²) in [4.78, 5) is 0. The normalized spacial score (nSPS) is 10.7. The Hall–Kier alpha value is -0.270. The molecule has 2 aromatic rings. The summed E-state index contributed by atoms with van der Waals surface area (Å²) in [7, 11) is 8.38. The van der Waals surface area contributed by atoms with Crippen LogP contribution >= 0.6 is 27.7 Å². The Labute approximate surface area is 117 Å². The molecule has 0 nitrogen and oxygen atoms in total. The summed E-state index contributed by atoms with van der Waals surface area (Å²) in [5, 5.41) is 1.24. The molecule has 0 aliphatic rings. The van der Waals surface area contributed by atoms with E-state index in [4.69, 9.17) is 0 Å². The van der Waals surface area contributed by atoms with E-state index in [2.05, 4.69) is 71.0 Å². The van der Waals surface area contributed by atoms with E-state index in [1.165, 1.54) is 33.1 Å². The van der Waals surface area contributed by atoms with Crippen molar-refractivity contribution in [2.24, 2.45) is 0 Å². The molecule has 0 heterocycles. The maximum Gasteiger partial charge on any atom is -0.0125 e. The number of hydrogen-bond acceptors (Lipinski definition) is 0. The zero-order valence-corrected chi connectivity index (χ0v) is 14.1. The smallest absolute Gasteiger partial charge is 0.0125 e. The summed E-state index contributed by atoms with van der Waals surface area (Å²) < 4.78 is 0. The molecular formula is C15H19P3. The Morgan fingerprint density at radius 2 is 1.61 bits per heavy atom. The third-order valence-corrected chi connectivity index (χ3v) is 4.45. The largest absolute Gasteiger partial charge is 0.133 e. The van der Waals surface area contributed by atoms with Crippen molar-refractivity contribution in [2.45, 2.75) is 19.2 Å². The maximum absolute atomic E-state index is 2.82. The minimum absolute atomic E-state index is 1.01. The first-order valence-corrected chi connectivity index (χ1v) is 8.25. The second-order valence-corrected chi connectivity index (χ2v) is 5.95. The van der Waals surface area contributed by atoms with Crippen LogP contribution in [0, 0.1) is 6.92 Å². The van der Waals surface area contributed by atoms with Crippen LogP contribution in [-0.2, 0) is 12.3 Å². The Morgan fingerprint density at radius 1 is 0.889 bits per heavy atom. The molecule has 0 spiro atoms. The fourth-order valence-corrected chi connectivity index (χ4v) is 3.32. The highest BCUT2D eigenvalue weighted by atomic mass is 31.0. The highest BCUT2D eigenvalue weighted by Crippen LogP contribution is 2.27. The standard InChI is InChI=1S/C15H19P3/c1-10-6-14(18)4-5-15(10)11-2-3-12(8-16)13(7-11)9-17/h2-7H,8-9,16-18H2,1H3. The second kappa shape index (κ2) is 6.25. The predicted molar refractivity (Wildman–Crippen MR) is 92.8 cm³/mol. The quantitative estimate of drug-likeness (QED) is 0.752. The molecule has 0 amide bonds.